The third-order valence-electron chi connectivity index (χ3n) is 3.71. The van der Waals surface area contributed by atoms with E-state index in [1.165, 1.54) is 5.56 Å². The fourth-order valence-corrected chi connectivity index (χ4v) is 3.01. The smallest absolute Gasteiger partial charge is 0.175 e. The molecule has 0 bridgehead atoms. The van der Waals surface area contributed by atoms with Crippen LogP contribution < -0.4 is 14.8 Å². The molecule has 0 saturated carbocycles. The van der Waals surface area contributed by atoms with Gasteiger partial charge in [0.25, 0.3) is 0 Å². The van der Waals surface area contributed by atoms with Crippen LogP contribution in [-0.4, -0.2) is 24.9 Å². The van der Waals surface area contributed by atoms with Crippen molar-refractivity contribution in [2.45, 2.75) is 33.4 Å². The molecule has 0 amide bonds. The number of benzene rings is 2. The lowest BCUT2D eigenvalue weighted by Crippen LogP contribution is -2.16. The maximum Gasteiger partial charge on any atom is 0.175 e. The van der Waals surface area contributed by atoms with Crippen molar-refractivity contribution in [3.05, 3.63) is 57.6 Å². The number of nitrogens with one attached hydrogen (secondary N) is 1. The summed E-state index contributed by atoms with van der Waals surface area (Å²) in [4.78, 5) is 0. The predicted molar refractivity (Wildman–Crippen MR) is 104 cm³/mol. The molecular weight excluding hydrogens is 382 g/mol. The van der Waals surface area contributed by atoms with Crippen molar-refractivity contribution < 1.29 is 14.6 Å². The molecule has 0 aromatic heterocycles. The number of halogens is 1. The molecule has 2 N–H and O–H groups in total. The second-order valence-corrected chi connectivity index (χ2v) is 6.72. The highest BCUT2D eigenvalue weighted by Crippen LogP contribution is 2.37. The average molecular weight is 408 g/mol. The Kier molecular flexibility index (Phi) is 8.25. The molecule has 25 heavy (non-hydrogen) atoms. The maximum absolute atomic E-state index is 8.84. The second-order valence-electron chi connectivity index (χ2n) is 5.87. The summed E-state index contributed by atoms with van der Waals surface area (Å²) in [5.41, 5.74) is 3.46. The summed E-state index contributed by atoms with van der Waals surface area (Å²) in [5.74, 6) is 1.46. The summed E-state index contributed by atoms with van der Waals surface area (Å²) in [7, 11) is 0. The van der Waals surface area contributed by atoms with Crippen molar-refractivity contribution in [3.63, 3.8) is 0 Å². The minimum atomic E-state index is 0.201. The Hall–Kier alpha value is -1.56. The molecule has 136 valence electrons. The Morgan fingerprint density at radius 1 is 1.08 bits per heavy atom. The number of aryl methyl sites for hydroxylation is 1. The van der Waals surface area contributed by atoms with E-state index < -0.39 is 0 Å². The van der Waals surface area contributed by atoms with Gasteiger partial charge in [-0.15, -0.1) is 0 Å². The van der Waals surface area contributed by atoms with E-state index in [1.807, 2.05) is 19.1 Å². The summed E-state index contributed by atoms with van der Waals surface area (Å²) in [5, 5.41) is 12.1. The van der Waals surface area contributed by atoms with E-state index in [4.69, 9.17) is 14.6 Å². The lowest BCUT2D eigenvalue weighted by molar-refractivity contribution is 0.267. The highest BCUT2D eigenvalue weighted by molar-refractivity contribution is 9.10. The van der Waals surface area contributed by atoms with E-state index in [0.717, 1.165) is 46.6 Å². The van der Waals surface area contributed by atoms with Gasteiger partial charge in [0.2, 0.25) is 0 Å². The maximum atomic E-state index is 8.84. The zero-order valence-corrected chi connectivity index (χ0v) is 16.4. The fraction of sp³-hybridized carbons (Fsp3) is 0.400. The highest BCUT2D eigenvalue weighted by Gasteiger charge is 2.12. The predicted octanol–water partition coefficient (Wildman–Crippen LogP) is 4.21. The topological polar surface area (TPSA) is 50.7 Å². The van der Waals surface area contributed by atoms with Crippen LogP contribution in [0.4, 0.5) is 0 Å². The van der Waals surface area contributed by atoms with Crippen molar-refractivity contribution in [1.29, 1.82) is 0 Å². The van der Waals surface area contributed by atoms with Gasteiger partial charge in [-0.05, 0) is 66.0 Å². The highest BCUT2D eigenvalue weighted by atomic mass is 79.9. The molecule has 0 heterocycles. The van der Waals surface area contributed by atoms with Crippen LogP contribution in [0.1, 0.15) is 30.0 Å². The number of rotatable bonds is 10. The molecule has 4 nitrogen and oxygen atoms in total. The summed E-state index contributed by atoms with van der Waals surface area (Å²) in [6.45, 7) is 6.81. The zero-order valence-electron chi connectivity index (χ0n) is 14.8. The first-order chi connectivity index (χ1) is 12.1. The third-order valence-corrected chi connectivity index (χ3v) is 4.30. The van der Waals surface area contributed by atoms with Crippen LogP contribution in [0, 0.1) is 6.92 Å². The lowest BCUT2D eigenvalue weighted by atomic mass is 10.1. The van der Waals surface area contributed by atoms with Crippen LogP contribution in [-0.2, 0) is 13.2 Å². The number of hydrogen-bond donors (Lipinski definition) is 2. The van der Waals surface area contributed by atoms with Gasteiger partial charge in [-0.25, -0.2) is 0 Å². The normalized spacial score (nSPS) is 10.7. The molecule has 0 saturated heterocycles. The van der Waals surface area contributed by atoms with Gasteiger partial charge in [-0.3, -0.25) is 0 Å². The van der Waals surface area contributed by atoms with Crippen molar-refractivity contribution in [3.8, 4) is 11.5 Å². The van der Waals surface area contributed by atoms with Gasteiger partial charge in [0.15, 0.2) is 11.5 Å². The molecule has 0 aliphatic heterocycles. The molecular formula is C20H26BrNO3. The molecule has 0 unspecified atom stereocenters. The zero-order chi connectivity index (χ0) is 18.1. The molecule has 0 fully saturated rings. The van der Waals surface area contributed by atoms with Gasteiger partial charge in [0.1, 0.15) is 6.61 Å². The van der Waals surface area contributed by atoms with Crippen molar-refractivity contribution >= 4 is 15.9 Å². The van der Waals surface area contributed by atoms with Gasteiger partial charge < -0.3 is 19.9 Å². The van der Waals surface area contributed by atoms with Gasteiger partial charge in [-0.2, -0.15) is 0 Å². The van der Waals surface area contributed by atoms with Crippen LogP contribution in [0.25, 0.3) is 0 Å². The minimum Gasteiger partial charge on any atom is -0.490 e. The number of aliphatic hydroxyl groups is 1. The molecule has 5 heteroatoms. The first-order valence-corrected chi connectivity index (χ1v) is 9.38. The molecule has 0 spiro atoms. The Balaban J connectivity index is 2.08. The van der Waals surface area contributed by atoms with Gasteiger partial charge >= 0.3 is 0 Å². The van der Waals surface area contributed by atoms with Crippen molar-refractivity contribution in [1.82, 2.24) is 5.32 Å². The molecule has 2 rings (SSSR count). The summed E-state index contributed by atoms with van der Waals surface area (Å²) < 4.78 is 12.7. The van der Waals surface area contributed by atoms with E-state index in [9.17, 15) is 0 Å². The van der Waals surface area contributed by atoms with Crippen molar-refractivity contribution in [2.24, 2.45) is 0 Å². The molecule has 0 radical (unpaired) electrons. The van der Waals surface area contributed by atoms with Crippen LogP contribution in [0.2, 0.25) is 0 Å². The van der Waals surface area contributed by atoms with Crippen LogP contribution in [0.15, 0.2) is 40.9 Å². The molecule has 0 atom stereocenters. The van der Waals surface area contributed by atoms with Gasteiger partial charge in [-0.1, -0.05) is 29.8 Å². The molecule has 0 aliphatic rings. The molecule has 2 aromatic carbocycles. The Morgan fingerprint density at radius 3 is 2.52 bits per heavy atom. The minimum absolute atomic E-state index is 0.201. The Bertz CT molecular complexity index is 659. The lowest BCUT2D eigenvalue weighted by Gasteiger charge is -2.16. The van der Waals surface area contributed by atoms with Gasteiger partial charge in [0.05, 0.1) is 11.1 Å². The Labute approximate surface area is 158 Å². The first-order valence-electron chi connectivity index (χ1n) is 8.59. The van der Waals surface area contributed by atoms with E-state index in [-0.39, 0.29) is 6.61 Å². The monoisotopic (exact) mass is 407 g/mol. The third kappa shape index (κ3) is 6.34. The second kappa shape index (κ2) is 10.4. The first kappa shape index (κ1) is 19.8. The summed E-state index contributed by atoms with van der Waals surface area (Å²) >= 11 is 3.60. The van der Waals surface area contributed by atoms with Gasteiger partial charge in [0, 0.05) is 13.2 Å². The standard InChI is InChI=1S/C20H26BrNO3/c1-3-24-19-12-17(13-22-9-4-10-23)11-18(21)20(19)25-14-16-7-5-15(2)6-8-16/h5-8,11-12,22-23H,3-4,9-10,13-14H2,1-2H3. The summed E-state index contributed by atoms with van der Waals surface area (Å²) in [6, 6.07) is 12.4. The average Bonchev–Trinajstić information content (AvgIpc) is 2.60. The van der Waals surface area contributed by atoms with E-state index in [2.05, 4.69) is 52.4 Å². The molecule has 2 aromatic rings. The van der Waals surface area contributed by atoms with E-state index in [1.54, 1.807) is 0 Å². The molecule has 0 aliphatic carbocycles. The van der Waals surface area contributed by atoms with Crippen LogP contribution in [0.5, 0.6) is 11.5 Å². The number of hydrogen-bond acceptors (Lipinski definition) is 4. The number of aliphatic hydroxyl groups excluding tert-OH is 1. The Morgan fingerprint density at radius 2 is 1.84 bits per heavy atom. The quantitative estimate of drug-likeness (QED) is 0.579. The fourth-order valence-electron chi connectivity index (χ4n) is 2.40. The van der Waals surface area contributed by atoms with E-state index >= 15 is 0 Å². The number of ether oxygens (including phenoxy) is 2. The van der Waals surface area contributed by atoms with E-state index in [0.29, 0.717) is 13.2 Å². The van der Waals surface area contributed by atoms with Crippen molar-refractivity contribution in [2.75, 3.05) is 19.8 Å². The van der Waals surface area contributed by atoms with Crippen LogP contribution >= 0.6 is 15.9 Å². The van der Waals surface area contributed by atoms with Crippen LogP contribution in [0.3, 0.4) is 0 Å². The summed E-state index contributed by atoms with van der Waals surface area (Å²) in [6.07, 6.45) is 0.747. The SMILES string of the molecule is CCOc1cc(CNCCCO)cc(Br)c1OCc1ccc(C)cc1. The largest absolute Gasteiger partial charge is 0.490 e.